The van der Waals surface area contributed by atoms with Crippen molar-refractivity contribution < 1.29 is 0 Å². The Bertz CT molecular complexity index is 258. The first-order chi connectivity index (χ1) is 8.67. The van der Waals surface area contributed by atoms with Gasteiger partial charge in [0, 0.05) is 19.1 Å². The molecule has 1 rings (SSSR count). The van der Waals surface area contributed by atoms with Gasteiger partial charge < -0.3 is 15.5 Å². The molecule has 0 saturated heterocycles. The Hall–Kier alpha value is -0.0400. The zero-order valence-electron chi connectivity index (χ0n) is 12.9. The van der Waals surface area contributed by atoms with Gasteiger partial charge in [0.05, 0.1) is 6.54 Å². The molecule has 1 aliphatic carbocycles. The molecular formula is C14H31IN4. The van der Waals surface area contributed by atoms with E-state index < -0.39 is 0 Å². The van der Waals surface area contributed by atoms with Gasteiger partial charge in [-0.25, -0.2) is 0 Å². The van der Waals surface area contributed by atoms with Crippen molar-refractivity contribution in [2.45, 2.75) is 46.1 Å². The van der Waals surface area contributed by atoms with E-state index in [1.54, 1.807) is 0 Å². The summed E-state index contributed by atoms with van der Waals surface area (Å²) in [5, 5.41) is 6.79. The molecule has 4 nitrogen and oxygen atoms in total. The summed E-state index contributed by atoms with van der Waals surface area (Å²) in [6, 6.07) is 0.639. The quantitative estimate of drug-likeness (QED) is 0.385. The standard InChI is InChI=1S/C14H30N4.HI/c1-5-7-9-18(4)10-8-16-14(15-6-2)17-13-11-12(13)3;/h12-13H,5-11H2,1-4H3,(H2,15,16,17);1H. The maximum atomic E-state index is 4.63. The van der Waals surface area contributed by atoms with Crippen LogP contribution in [0.25, 0.3) is 0 Å². The molecule has 1 fully saturated rings. The molecule has 2 atom stereocenters. The molecule has 0 aromatic rings. The van der Waals surface area contributed by atoms with Crippen molar-refractivity contribution in [3.63, 3.8) is 0 Å². The SMILES string of the molecule is CCCCN(C)CCN=C(NCC)NC1CC1C.I. The third-order valence-corrected chi connectivity index (χ3v) is 3.42. The van der Waals surface area contributed by atoms with Gasteiger partial charge >= 0.3 is 0 Å². The summed E-state index contributed by atoms with van der Waals surface area (Å²) in [5.41, 5.74) is 0. The number of likely N-dealkylation sites (N-methyl/N-ethyl adjacent to an activating group) is 1. The van der Waals surface area contributed by atoms with E-state index in [1.807, 2.05) is 0 Å². The molecule has 0 spiro atoms. The molecule has 1 saturated carbocycles. The summed E-state index contributed by atoms with van der Waals surface area (Å²) in [4.78, 5) is 6.99. The third kappa shape index (κ3) is 8.68. The fourth-order valence-electron chi connectivity index (χ4n) is 1.89. The molecule has 114 valence electrons. The van der Waals surface area contributed by atoms with Gasteiger partial charge in [-0.15, -0.1) is 24.0 Å². The van der Waals surface area contributed by atoms with Crippen LogP contribution >= 0.6 is 24.0 Å². The lowest BCUT2D eigenvalue weighted by Crippen LogP contribution is -2.39. The second-order valence-corrected chi connectivity index (χ2v) is 5.38. The smallest absolute Gasteiger partial charge is 0.191 e. The maximum Gasteiger partial charge on any atom is 0.191 e. The molecule has 19 heavy (non-hydrogen) atoms. The van der Waals surface area contributed by atoms with Gasteiger partial charge in [0.1, 0.15) is 0 Å². The van der Waals surface area contributed by atoms with E-state index in [9.17, 15) is 0 Å². The molecule has 0 heterocycles. The minimum atomic E-state index is 0. The van der Waals surface area contributed by atoms with Crippen LogP contribution in [0.4, 0.5) is 0 Å². The number of aliphatic imine (C=N–C) groups is 1. The minimum Gasteiger partial charge on any atom is -0.357 e. The Morgan fingerprint density at radius 3 is 2.53 bits per heavy atom. The van der Waals surface area contributed by atoms with Crippen LogP contribution < -0.4 is 10.6 Å². The van der Waals surface area contributed by atoms with Crippen LogP contribution in [0.1, 0.15) is 40.0 Å². The van der Waals surface area contributed by atoms with Gasteiger partial charge in [0.25, 0.3) is 0 Å². The zero-order valence-corrected chi connectivity index (χ0v) is 15.2. The molecule has 0 radical (unpaired) electrons. The number of guanidine groups is 1. The van der Waals surface area contributed by atoms with Crippen LogP contribution in [0.2, 0.25) is 0 Å². The predicted octanol–water partition coefficient (Wildman–Crippen LogP) is 2.30. The molecular weight excluding hydrogens is 351 g/mol. The highest BCUT2D eigenvalue weighted by molar-refractivity contribution is 14.0. The number of hydrogen-bond acceptors (Lipinski definition) is 2. The van der Waals surface area contributed by atoms with E-state index in [2.05, 4.69) is 48.3 Å². The lowest BCUT2D eigenvalue weighted by molar-refractivity contribution is 0.337. The van der Waals surface area contributed by atoms with Gasteiger partial charge in [-0.2, -0.15) is 0 Å². The molecule has 5 heteroatoms. The number of nitrogens with zero attached hydrogens (tertiary/aromatic N) is 2. The highest BCUT2D eigenvalue weighted by Crippen LogP contribution is 2.28. The highest BCUT2D eigenvalue weighted by Gasteiger charge is 2.33. The summed E-state index contributed by atoms with van der Waals surface area (Å²) >= 11 is 0. The average Bonchev–Trinajstić information content (AvgIpc) is 3.02. The summed E-state index contributed by atoms with van der Waals surface area (Å²) in [6.45, 7) is 10.6. The van der Waals surface area contributed by atoms with Crippen LogP contribution in [0.3, 0.4) is 0 Å². The average molecular weight is 382 g/mol. The maximum absolute atomic E-state index is 4.63. The van der Waals surface area contributed by atoms with Gasteiger partial charge in [-0.3, -0.25) is 4.99 Å². The fraction of sp³-hybridized carbons (Fsp3) is 0.929. The second-order valence-electron chi connectivity index (χ2n) is 5.38. The van der Waals surface area contributed by atoms with Gasteiger partial charge in [-0.05, 0) is 39.3 Å². The number of nitrogens with one attached hydrogen (secondary N) is 2. The Balaban J connectivity index is 0.00000324. The number of hydrogen-bond donors (Lipinski definition) is 2. The molecule has 2 unspecified atom stereocenters. The van der Waals surface area contributed by atoms with E-state index in [1.165, 1.54) is 25.8 Å². The summed E-state index contributed by atoms with van der Waals surface area (Å²) in [6.07, 6.45) is 3.82. The van der Waals surface area contributed by atoms with Crippen LogP contribution in [0, 0.1) is 5.92 Å². The summed E-state index contributed by atoms with van der Waals surface area (Å²) < 4.78 is 0. The normalized spacial score (nSPS) is 22.1. The minimum absolute atomic E-state index is 0. The van der Waals surface area contributed by atoms with Gasteiger partial charge in [-0.1, -0.05) is 20.3 Å². The van der Waals surface area contributed by atoms with Crippen LogP contribution in [0.5, 0.6) is 0 Å². The van der Waals surface area contributed by atoms with Crippen molar-refractivity contribution in [2.24, 2.45) is 10.9 Å². The monoisotopic (exact) mass is 382 g/mol. The lowest BCUT2D eigenvalue weighted by atomic mass is 10.3. The van der Waals surface area contributed by atoms with E-state index in [0.717, 1.165) is 31.5 Å². The third-order valence-electron chi connectivity index (χ3n) is 3.42. The van der Waals surface area contributed by atoms with Crippen molar-refractivity contribution >= 4 is 29.9 Å². The zero-order chi connectivity index (χ0) is 13.4. The summed E-state index contributed by atoms with van der Waals surface area (Å²) in [5.74, 6) is 1.79. The molecule has 0 amide bonds. The Morgan fingerprint density at radius 1 is 1.32 bits per heavy atom. The highest BCUT2D eigenvalue weighted by atomic mass is 127. The Kier molecular flexibility index (Phi) is 10.7. The van der Waals surface area contributed by atoms with Crippen molar-refractivity contribution in [3.05, 3.63) is 0 Å². The molecule has 2 N–H and O–H groups in total. The Labute approximate surface area is 135 Å². The molecule has 0 aliphatic heterocycles. The van der Waals surface area contributed by atoms with Crippen LogP contribution in [0.15, 0.2) is 4.99 Å². The van der Waals surface area contributed by atoms with E-state index in [4.69, 9.17) is 0 Å². The van der Waals surface area contributed by atoms with Gasteiger partial charge in [0.2, 0.25) is 0 Å². The largest absolute Gasteiger partial charge is 0.357 e. The van der Waals surface area contributed by atoms with E-state index in [0.29, 0.717) is 6.04 Å². The molecule has 0 aromatic carbocycles. The van der Waals surface area contributed by atoms with E-state index >= 15 is 0 Å². The first-order valence-corrected chi connectivity index (χ1v) is 7.40. The molecule has 0 aromatic heterocycles. The van der Waals surface area contributed by atoms with E-state index in [-0.39, 0.29) is 24.0 Å². The van der Waals surface area contributed by atoms with Crippen molar-refractivity contribution in [3.8, 4) is 0 Å². The Morgan fingerprint density at radius 2 is 2.00 bits per heavy atom. The lowest BCUT2D eigenvalue weighted by Gasteiger charge is -2.15. The summed E-state index contributed by atoms with van der Waals surface area (Å²) in [7, 11) is 2.18. The number of unbranched alkanes of at least 4 members (excludes halogenated alkanes) is 1. The van der Waals surface area contributed by atoms with Gasteiger partial charge in [0.15, 0.2) is 5.96 Å². The van der Waals surface area contributed by atoms with Crippen molar-refractivity contribution in [2.75, 3.05) is 33.2 Å². The van der Waals surface area contributed by atoms with Crippen molar-refractivity contribution in [1.29, 1.82) is 0 Å². The first kappa shape index (κ1) is 19.0. The molecule has 1 aliphatic rings. The van der Waals surface area contributed by atoms with Crippen LogP contribution in [-0.2, 0) is 0 Å². The molecule has 0 bridgehead atoms. The second kappa shape index (κ2) is 10.7. The van der Waals surface area contributed by atoms with Crippen LogP contribution in [-0.4, -0.2) is 50.1 Å². The number of rotatable bonds is 8. The number of halogens is 1. The fourth-order valence-corrected chi connectivity index (χ4v) is 1.89. The predicted molar refractivity (Wildman–Crippen MR) is 94.5 cm³/mol. The first-order valence-electron chi connectivity index (χ1n) is 7.40. The topological polar surface area (TPSA) is 39.7 Å². The van der Waals surface area contributed by atoms with Crippen molar-refractivity contribution in [1.82, 2.24) is 15.5 Å².